The zero-order valence-corrected chi connectivity index (χ0v) is 16.8. The van der Waals surface area contributed by atoms with Gasteiger partial charge in [-0.15, -0.1) is 0 Å². The van der Waals surface area contributed by atoms with E-state index in [0.717, 1.165) is 30.8 Å². The normalized spacial score (nSPS) is 15.8. The lowest BCUT2D eigenvalue weighted by Gasteiger charge is -2.28. The Labute approximate surface area is 152 Å². The molecule has 1 aliphatic rings. The molecule has 140 valence electrons. The monoisotopic (exact) mass is 347 g/mol. The molecule has 1 atom stereocenters. The van der Waals surface area contributed by atoms with Crippen LogP contribution in [0.25, 0.3) is 0 Å². The molecule has 0 aliphatic heterocycles. The molecule has 1 heterocycles. The second kappa shape index (κ2) is 7.73. The van der Waals surface area contributed by atoms with Crippen LogP contribution in [0.2, 0.25) is 0 Å². The van der Waals surface area contributed by atoms with Gasteiger partial charge in [-0.3, -0.25) is 4.98 Å². The highest BCUT2D eigenvalue weighted by atomic mass is 16.6. The summed E-state index contributed by atoms with van der Waals surface area (Å²) in [6.45, 7) is 15.5. The molecular formula is C20H33N3O2. The minimum Gasteiger partial charge on any atom is -0.444 e. The van der Waals surface area contributed by atoms with E-state index < -0.39 is 5.60 Å². The van der Waals surface area contributed by atoms with Gasteiger partial charge < -0.3 is 15.0 Å². The quantitative estimate of drug-likeness (QED) is 0.843. The third-order valence-electron chi connectivity index (χ3n) is 4.44. The van der Waals surface area contributed by atoms with Crippen LogP contribution in [0.15, 0.2) is 6.07 Å². The first-order valence-corrected chi connectivity index (χ1v) is 9.26. The van der Waals surface area contributed by atoms with Crippen molar-refractivity contribution >= 4 is 6.09 Å². The molecule has 0 radical (unpaired) electrons. The van der Waals surface area contributed by atoms with Crippen LogP contribution >= 0.6 is 0 Å². The first kappa shape index (κ1) is 19.7. The number of carbonyl (C=O) groups is 1. The summed E-state index contributed by atoms with van der Waals surface area (Å²) in [5, 5.41) is 3.54. The smallest absolute Gasteiger partial charge is 0.410 e. The Morgan fingerprint density at radius 2 is 2.00 bits per heavy atom. The van der Waals surface area contributed by atoms with Gasteiger partial charge in [-0.05, 0) is 78.5 Å². The number of hydrogen-bond acceptors (Lipinski definition) is 4. The summed E-state index contributed by atoms with van der Waals surface area (Å²) in [5.74, 6) is 0. The molecule has 0 saturated heterocycles. The molecule has 1 amide bonds. The Kier molecular flexibility index (Phi) is 6.09. The summed E-state index contributed by atoms with van der Waals surface area (Å²) in [6.07, 6.45) is 1.96. The number of amides is 1. The lowest BCUT2D eigenvalue weighted by Crippen LogP contribution is -2.42. The van der Waals surface area contributed by atoms with Gasteiger partial charge in [0.15, 0.2) is 0 Å². The highest BCUT2D eigenvalue weighted by Gasteiger charge is 2.34. The Hall–Kier alpha value is -1.62. The maximum atomic E-state index is 12.4. The minimum atomic E-state index is -0.452. The van der Waals surface area contributed by atoms with Gasteiger partial charge >= 0.3 is 6.09 Å². The molecule has 25 heavy (non-hydrogen) atoms. The molecule has 2 rings (SSSR count). The molecule has 0 aromatic carbocycles. The summed E-state index contributed by atoms with van der Waals surface area (Å²) < 4.78 is 5.54. The zero-order chi connectivity index (χ0) is 18.8. The van der Waals surface area contributed by atoms with Gasteiger partial charge in [-0.25, -0.2) is 4.79 Å². The minimum absolute atomic E-state index is 0.200. The molecule has 1 aromatic heterocycles. The summed E-state index contributed by atoms with van der Waals surface area (Å²) >= 11 is 0. The van der Waals surface area contributed by atoms with E-state index in [1.165, 1.54) is 11.1 Å². The maximum Gasteiger partial charge on any atom is 0.410 e. The van der Waals surface area contributed by atoms with E-state index in [-0.39, 0.29) is 12.1 Å². The molecule has 1 fully saturated rings. The fourth-order valence-corrected chi connectivity index (χ4v) is 3.32. The number of carbonyl (C=O) groups excluding carboxylic acids is 1. The van der Waals surface area contributed by atoms with Crippen LogP contribution in [-0.2, 0) is 4.74 Å². The van der Waals surface area contributed by atoms with Crippen LogP contribution in [0.4, 0.5) is 4.79 Å². The fraction of sp³-hybridized carbons (Fsp3) is 0.700. The molecule has 1 N–H and O–H groups in total. The van der Waals surface area contributed by atoms with Crippen molar-refractivity contribution in [3.63, 3.8) is 0 Å². The highest BCUT2D eigenvalue weighted by molar-refractivity contribution is 5.69. The van der Waals surface area contributed by atoms with Crippen LogP contribution in [-0.4, -0.2) is 40.7 Å². The van der Waals surface area contributed by atoms with Gasteiger partial charge in [-0.2, -0.15) is 0 Å². The van der Waals surface area contributed by atoms with Crippen LogP contribution in [0.5, 0.6) is 0 Å². The van der Waals surface area contributed by atoms with Crippen LogP contribution < -0.4 is 5.32 Å². The summed E-state index contributed by atoms with van der Waals surface area (Å²) in [6, 6.07) is 2.67. The van der Waals surface area contributed by atoms with E-state index in [9.17, 15) is 4.79 Å². The van der Waals surface area contributed by atoms with E-state index in [0.29, 0.717) is 12.6 Å². The largest absolute Gasteiger partial charge is 0.444 e. The third-order valence-corrected chi connectivity index (χ3v) is 4.44. The lowest BCUT2D eigenvalue weighted by atomic mass is 10.0. The second-order valence-electron chi connectivity index (χ2n) is 8.16. The van der Waals surface area contributed by atoms with Crippen molar-refractivity contribution in [1.82, 2.24) is 15.2 Å². The third kappa shape index (κ3) is 5.70. The number of nitrogens with one attached hydrogen (secondary N) is 1. The van der Waals surface area contributed by atoms with E-state index >= 15 is 0 Å². The molecule has 5 heteroatoms. The number of rotatable bonds is 6. The van der Waals surface area contributed by atoms with Gasteiger partial charge in [0.1, 0.15) is 5.60 Å². The predicted molar refractivity (Wildman–Crippen MR) is 101 cm³/mol. The molecular weight excluding hydrogens is 314 g/mol. The van der Waals surface area contributed by atoms with Crippen molar-refractivity contribution in [2.24, 2.45) is 0 Å². The van der Waals surface area contributed by atoms with Crippen molar-refractivity contribution in [3.05, 3.63) is 28.6 Å². The fourth-order valence-electron chi connectivity index (χ4n) is 3.32. The second-order valence-corrected chi connectivity index (χ2v) is 8.16. The molecule has 5 nitrogen and oxygen atoms in total. The highest BCUT2D eigenvalue weighted by Crippen LogP contribution is 2.28. The Balaban J connectivity index is 1.93. The molecule has 1 aromatic rings. The topological polar surface area (TPSA) is 54.5 Å². The van der Waals surface area contributed by atoms with Gasteiger partial charge in [0.25, 0.3) is 0 Å². The van der Waals surface area contributed by atoms with Crippen molar-refractivity contribution in [1.29, 1.82) is 0 Å². The van der Waals surface area contributed by atoms with Crippen molar-refractivity contribution in [2.75, 3.05) is 13.1 Å². The van der Waals surface area contributed by atoms with Gasteiger partial charge in [0, 0.05) is 36.6 Å². The SMILES string of the molecule is Cc1cc(C)c(C(C)NCCN(C(=O)OC(C)(C)C)C2CC2)c(C)n1. The lowest BCUT2D eigenvalue weighted by molar-refractivity contribution is 0.0235. The van der Waals surface area contributed by atoms with Crippen LogP contribution in [0.1, 0.15) is 69.1 Å². The first-order valence-electron chi connectivity index (χ1n) is 9.26. The van der Waals surface area contributed by atoms with E-state index in [1.54, 1.807) is 0 Å². The maximum absolute atomic E-state index is 12.4. The molecule has 1 aliphatic carbocycles. The standard InChI is InChI=1S/C20H33N3O2/c1-13-12-14(2)22-16(4)18(13)15(3)21-10-11-23(17-8-9-17)19(24)25-20(5,6)7/h12,15,17,21H,8-11H2,1-7H3. The number of aryl methyl sites for hydroxylation is 3. The number of nitrogens with zero attached hydrogens (tertiary/aromatic N) is 2. The number of pyridine rings is 1. The van der Waals surface area contributed by atoms with Crippen LogP contribution in [0.3, 0.4) is 0 Å². The van der Waals surface area contributed by atoms with Crippen LogP contribution in [0, 0.1) is 20.8 Å². The number of ether oxygens (including phenoxy) is 1. The molecule has 1 saturated carbocycles. The molecule has 0 bridgehead atoms. The average Bonchev–Trinajstić information content (AvgIpc) is 3.24. The van der Waals surface area contributed by atoms with Crippen molar-refractivity contribution < 1.29 is 9.53 Å². The first-order chi connectivity index (χ1) is 11.6. The Morgan fingerprint density at radius 1 is 1.36 bits per heavy atom. The van der Waals surface area contributed by atoms with E-state index in [2.05, 4.69) is 37.1 Å². The summed E-state index contributed by atoms with van der Waals surface area (Å²) in [7, 11) is 0. The van der Waals surface area contributed by atoms with Crippen molar-refractivity contribution in [3.8, 4) is 0 Å². The van der Waals surface area contributed by atoms with E-state index in [1.807, 2.05) is 32.6 Å². The van der Waals surface area contributed by atoms with E-state index in [4.69, 9.17) is 4.74 Å². The predicted octanol–water partition coefficient (Wildman–Crippen LogP) is 4.06. The van der Waals surface area contributed by atoms with Crippen molar-refractivity contribution in [2.45, 2.75) is 79.0 Å². The summed E-state index contributed by atoms with van der Waals surface area (Å²) in [4.78, 5) is 18.9. The number of hydrogen-bond donors (Lipinski definition) is 1. The van der Waals surface area contributed by atoms with Gasteiger partial charge in [0.2, 0.25) is 0 Å². The molecule has 1 unspecified atom stereocenters. The van der Waals surface area contributed by atoms with Gasteiger partial charge in [-0.1, -0.05) is 0 Å². The Morgan fingerprint density at radius 3 is 2.52 bits per heavy atom. The average molecular weight is 348 g/mol. The number of aromatic nitrogens is 1. The molecule has 0 spiro atoms. The Bertz CT molecular complexity index is 595. The zero-order valence-electron chi connectivity index (χ0n) is 16.8. The summed E-state index contributed by atoms with van der Waals surface area (Å²) in [5.41, 5.74) is 4.18. The van der Waals surface area contributed by atoms with Gasteiger partial charge in [0.05, 0.1) is 0 Å².